The minimum absolute atomic E-state index is 0.600. The molecule has 0 atom stereocenters. The molecule has 2 aromatic rings. The summed E-state index contributed by atoms with van der Waals surface area (Å²) < 4.78 is 0. The summed E-state index contributed by atoms with van der Waals surface area (Å²) in [6, 6.07) is 5.59. The van der Waals surface area contributed by atoms with Crippen molar-refractivity contribution in [3.05, 3.63) is 50.7 Å². The number of benzene rings is 1. The van der Waals surface area contributed by atoms with Gasteiger partial charge in [0.1, 0.15) is 0 Å². The van der Waals surface area contributed by atoms with E-state index < -0.39 is 11.1 Å². The zero-order valence-corrected chi connectivity index (χ0v) is 11.4. The summed E-state index contributed by atoms with van der Waals surface area (Å²) in [5.41, 5.74) is 6.11. The van der Waals surface area contributed by atoms with Gasteiger partial charge >= 0.3 is 11.1 Å². The number of hydrogen-bond acceptors (Lipinski definition) is 6. The minimum atomic E-state index is -0.654. The van der Waals surface area contributed by atoms with Crippen LogP contribution < -0.4 is 22.0 Å². The van der Waals surface area contributed by atoms with Gasteiger partial charge in [0.25, 0.3) is 0 Å². The van der Waals surface area contributed by atoms with Crippen molar-refractivity contribution in [3.8, 4) is 0 Å². The summed E-state index contributed by atoms with van der Waals surface area (Å²) in [6.45, 7) is 0. The molecule has 6 N–H and O–H groups in total. The van der Waals surface area contributed by atoms with Crippen LogP contribution in [0.3, 0.4) is 0 Å². The maximum absolute atomic E-state index is 11.1. The van der Waals surface area contributed by atoms with Crippen molar-refractivity contribution in [2.45, 2.75) is 15.7 Å². The fraction of sp³-hybridized carbons (Fsp3) is 0.0909. The highest BCUT2D eigenvalue weighted by Crippen LogP contribution is 2.25. The smallest absolute Gasteiger partial charge is 0.314 e. The molecule has 1 heterocycles. The lowest BCUT2D eigenvalue weighted by molar-refractivity contribution is 0.971. The molecule has 1 aromatic heterocycles. The third-order valence-corrected chi connectivity index (χ3v) is 3.99. The Hall–Kier alpha value is -1.64. The topological polar surface area (TPSA) is 118 Å². The SMILES string of the molecule is NSc1cc(CSc2c[nH]c(=O)c(=O)[nH]2)ccc1N. The van der Waals surface area contributed by atoms with E-state index in [1.165, 1.54) is 18.0 Å². The Morgan fingerprint density at radius 2 is 2.00 bits per heavy atom. The molecular weight excluding hydrogens is 284 g/mol. The summed E-state index contributed by atoms with van der Waals surface area (Å²) in [5, 5.41) is 6.11. The normalized spacial score (nSPS) is 10.6. The van der Waals surface area contributed by atoms with Gasteiger partial charge in [-0.15, -0.1) is 11.8 Å². The molecule has 0 amide bonds. The molecule has 100 valence electrons. The van der Waals surface area contributed by atoms with Crippen LogP contribution in [0.4, 0.5) is 5.69 Å². The van der Waals surface area contributed by atoms with E-state index in [9.17, 15) is 9.59 Å². The maximum Gasteiger partial charge on any atom is 0.314 e. The first-order chi connectivity index (χ1) is 9.10. The molecular formula is C11H12N4O2S2. The van der Waals surface area contributed by atoms with Crippen LogP contribution >= 0.6 is 23.7 Å². The van der Waals surface area contributed by atoms with Crippen molar-refractivity contribution < 1.29 is 0 Å². The van der Waals surface area contributed by atoms with E-state index in [0.29, 0.717) is 16.5 Å². The lowest BCUT2D eigenvalue weighted by Gasteiger charge is -2.06. The number of nitrogens with two attached hydrogens (primary N) is 2. The third-order valence-electron chi connectivity index (χ3n) is 2.38. The van der Waals surface area contributed by atoms with Gasteiger partial charge in [-0.1, -0.05) is 6.07 Å². The van der Waals surface area contributed by atoms with Crippen LogP contribution in [0.2, 0.25) is 0 Å². The molecule has 0 saturated carbocycles. The van der Waals surface area contributed by atoms with Crippen LogP contribution in [0.5, 0.6) is 0 Å². The Labute approximate surface area is 117 Å². The summed E-state index contributed by atoms with van der Waals surface area (Å²) in [5.74, 6) is 0.635. The zero-order valence-electron chi connectivity index (χ0n) is 9.80. The van der Waals surface area contributed by atoms with Crippen molar-refractivity contribution in [1.82, 2.24) is 9.97 Å². The maximum atomic E-state index is 11.1. The van der Waals surface area contributed by atoms with Crippen molar-refractivity contribution in [2.75, 3.05) is 5.73 Å². The molecule has 8 heteroatoms. The second kappa shape index (κ2) is 6.00. The van der Waals surface area contributed by atoms with Crippen molar-refractivity contribution in [1.29, 1.82) is 0 Å². The molecule has 19 heavy (non-hydrogen) atoms. The highest BCUT2D eigenvalue weighted by atomic mass is 32.2. The molecule has 0 fully saturated rings. The number of aromatic amines is 2. The van der Waals surface area contributed by atoms with Crippen molar-refractivity contribution >= 4 is 29.4 Å². The van der Waals surface area contributed by atoms with Gasteiger partial charge in [-0.05, 0) is 29.6 Å². The van der Waals surface area contributed by atoms with E-state index in [4.69, 9.17) is 10.9 Å². The van der Waals surface area contributed by atoms with E-state index in [2.05, 4.69) is 9.97 Å². The van der Waals surface area contributed by atoms with Gasteiger partial charge < -0.3 is 15.7 Å². The quantitative estimate of drug-likeness (QED) is 0.288. The molecule has 0 unspecified atom stereocenters. The molecule has 2 rings (SSSR count). The predicted octanol–water partition coefficient (Wildman–Crippen LogP) is 0.903. The fourth-order valence-electron chi connectivity index (χ4n) is 1.41. The van der Waals surface area contributed by atoms with Crippen LogP contribution in [0.15, 0.2) is 43.9 Å². The highest BCUT2D eigenvalue weighted by molar-refractivity contribution is 7.98. The Morgan fingerprint density at radius 1 is 1.21 bits per heavy atom. The lowest BCUT2D eigenvalue weighted by Crippen LogP contribution is -2.28. The van der Waals surface area contributed by atoms with E-state index in [0.717, 1.165) is 22.4 Å². The Balaban J connectivity index is 2.12. The predicted molar refractivity (Wildman–Crippen MR) is 78.1 cm³/mol. The molecule has 0 spiro atoms. The Bertz CT molecular complexity index is 696. The number of thioether (sulfide) groups is 1. The van der Waals surface area contributed by atoms with Crippen LogP contribution in [-0.2, 0) is 5.75 Å². The van der Waals surface area contributed by atoms with Crippen molar-refractivity contribution in [2.24, 2.45) is 5.14 Å². The fourth-order valence-corrected chi connectivity index (χ4v) is 2.64. The van der Waals surface area contributed by atoms with Crippen molar-refractivity contribution in [3.63, 3.8) is 0 Å². The monoisotopic (exact) mass is 296 g/mol. The first-order valence-corrected chi connectivity index (χ1v) is 7.16. The van der Waals surface area contributed by atoms with E-state index in [-0.39, 0.29) is 0 Å². The molecule has 0 radical (unpaired) electrons. The molecule has 1 aromatic carbocycles. The van der Waals surface area contributed by atoms with Crippen LogP contribution in [0.25, 0.3) is 0 Å². The second-order valence-corrected chi connectivity index (χ2v) is 5.41. The van der Waals surface area contributed by atoms with Crippen LogP contribution in [0, 0.1) is 0 Å². The average molecular weight is 296 g/mol. The van der Waals surface area contributed by atoms with E-state index >= 15 is 0 Å². The first-order valence-electron chi connectivity index (χ1n) is 5.30. The summed E-state index contributed by atoms with van der Waals surface area (Å²) in [4.78, 5) is 27.8. The number of nitrogen functional groups attached to an aromatic ring is 1. The molecule has 0 aliphatic carbocycles. The van der Waals surface area contributed by atoms with Gasteiger partial charge in [0.2, 0.25) is 0 Å². The molecule has 0 saturated heterocycles. The van der Waals surface area contributed by atoms with Gasteiger partial charge in [-0.2, -0.15) is 0 Å². The van der Waals surface area contributed by atoms with Gasteiger partial charge in [-0.25, -0.2) is 0 Å². The van der Waals surface area contributed by atoms with E-state index in [1.807, 2.05) is 12.1 Å². The molecule has 0 aliphatic rings. The van der Waals surface area contributed by atoms with Crippen LogP contribution in [0.1, 0.15) is 5.56 Å². The summed E-state index contributed by atoms with van der Waals surface area (Å²) >= 11 is 2.50. The van der Waals surface area contributed by atoms with Gasteiger partial charge in [0, 0.05) is 22.5 Å². The standard InChI is InChI=1S/C11H12N4O2S2/c12-7-2-1-6(3-8(7)19-13)5-18-9-4-14-10(16)11(17)15-9/h1-4H,5,12-13H2,(H,14,16)(H,15,17). The zero-order chi connectivity index (χ0) is 13.8. The van der Waals surface area contributed by atoms with Gasteiger partial charge in [0.05, 0.1) is 5.03 Å². The summed E-state index contributed by atoms with van der Waals surface area (Å²) in [7, 11) is 0. The lowest BCUT2D eigenvalue weighted by atomic mass is 10.2. The number of aromatic nitrogens is 2. The first kappa shape index (κ1) is 13.8. The molecule has 0 bridgehead atoms. The van der Waals surface area contributed by atoms with Gasteiger partial charge in [-0.3, -0.25) is 14.7 Å². The molecule has 6 nitrogen and oxygen atoms in total. The number of hydrogen-bond donors (Lipinski definition) is 4. The van der Waals surface area contributed by atoms with Gasteiger partial charge in [0.15, 0.2) is 0 Å². The largest absolute Gasteiger partial charge is 0.398 e. The van der Waals surface area contributed by atoms with E-state index in [1.54, 1.807) is 6.07 Å². The number of H-pyrrole nitrogens is 2. The molecule has 0 aliphatic heterocycles. The summed E-state index contributed by atoms with van der Waals surface area (Å²) in [6.07, 6.45) is 1.48. The average Bonchev–Trinajstić information content (AvgIpc) is 2.41. The number of rotatable bonds is 4. The Morgan fingerprint density at radius 3 is 2.68 bits per heavy atom. The van der Waals surface area contributed by atoms with Crippen LogP contribution in [-0.4, -0.2) is 9.97 Å². The number of anilines is 1. The number of nitrogens with one attached hydrogen (secondary N) is 2. The third kappa shape index (κ3) is 3.43. The highest BCUT2D eigenvalue weighted by Gasteiger charge is 2.03. The minimum Gasteiger partial charge on any atom is -0.398 e. The Kier molecular flexibility index (Phi) is 4.35. The second-order valence-electron chi connectivity index (χ2n) is 3.71.